The van der Waals surface area contributed by atoms with Crippen molar-refractivity contribution in [3.05, 3.63) is 82.6 Å². The highest BCUT2D eigenvalue weighted by Crippen LogP contribution is 2.35. The Balaban J connectivity index is 1.86. The van der Waals surface area contributed by atoms with Crippen molar-refractivity contribution >= 4 is 54.0 Å². The van der Waals surface area contributed by atoms with Crippen LogP contribution in [-0.4, -0.2) is 30.0 Å². The molecule has 9 heteroatoms. The molecule has 32 heavy (non-hydrogen) atoms. The van der Waals surface area contributed by atoms with Gasteiger partial charge in [-0.25, -0.2) is 13.4 Å². The number of aryl methyl sites for hydroxylation is 1. The number of nitrogens with zero attached hydrogens (tertiary/aromatic N) is 3. The van der Waals surface area contributed by atoms with Gasteiger partial charge in [-0.05, 0) is 48.9 Å². The lowest BCUT2D eigenvalue weighted by atomic mass is 10.2. The number of benzene rings is 2. The Bertz CT molecular complexity index is 1400. The molecule has 6 nitrogen and oxygen atoms in total. The second kappa shape index (κ2) is 8.97. The van der Waals surface area contributed by atoms with Crippen LogP contribution in [0.15, 0.2) is 65.7 Å². The summed E-state index contributed by atoms with van der Waals surface area (Å²) in [6, 6.07) is 15.4. The number of amides is 1. The lowest BCUT2D eigenvalue weighted by Crippen LogP contribution is -2.32. The highest BCUT2D eigenvalue weighted by atomic mass is 35.5. The minimum atomic E-state index is -3.60. The predicted molar refractivity (Wildman–Crippen MR) is 128 cm³/mol. The molecule has 2 aromatic heterocycles. The van der Waals surface area contributed by atoms with E-state index < -0.39 is 15.7 Å². The second-order valence-electron chi connectivity index (χ2n) is 7.13. The van der Waals surface area contributed by atoms with Gasteiger partial charge in [-0.1, -0.05) is 48.1 Å². The van der Waals surface area contributed by atoms with E-state index in [1.54, 1.807) is 37.4 Å². The molecule has 0 atom stereocenters. The van der Waals surface area contributed by atoms with Crippen molar-refractivity contribution in [2.45, 2.75) is 25.3 Å². The summed E-state index contributed by atoms with van der Waals surface area (Å²) in [6.45, 7) is 3.58. The average Bonchev–Trinajstić information content (AvgIpc) is 3.25. The van der Waals surface area contributed by atoms with Crippen molar-refractivity contribution in [1.29, 1.82) is 0 Å². The minimum absolute atomic E-state index is 0.0128. The third-order valence-corrected chi connectivity index (χ3v) is 8.33. The fourth-order valence-corrected chi connectivity index (χ4v) is 5.56. The van der Waals surface area contributed by atoms with E-state index in [2.05, 4.69) is 4.98 Å². The summed E-state index contributed by atoms with van der Waals surface area (Å²) in [5.41, 5.74) is 2.31. The zero-order valence-electron chi connectivity index (χ0n) is 17.4. The lowest BCUT2D eigenvalue weighted by molar-refractivity contribution is 0.0981. The molecule has 2 aromatic carbocycles. The molecule has 4 rings (SSSR count). The largest absolute Gasteiger partial charge is 0.278 e. The Morgan fingerprint density at radius 2 is 1.84 bits per heavy atom. The van der Waals surface area contributed by atoms with E-state index in [-0.39, 0.29) is 22.8 Å². The van der Waals surface area contributed by atoms with Gasteiger partial charge in [0.05, 0.1) is 38.7 Å². The molecule has 0 N–H and O–H groups in total. The normalized spacial score (nSPS) is 11.6. The van der Waals surface area contributed by atoms with Gasteiger partial charge in [-0.2, -0.15) is 0 Å². The van der Waals surface area contributed by atoms with Gasteiger partial charge in [0.2, 0.25) is 0 Å². The van der Waals surface area contributed by atoms with E-state index in [0.717, 1.165) is 10.3 Å². The van der Waals surface area contributed by atoms with E-state index in [0.29, 0.717) is 21.4 Å². The zero-order chi connectivity index (χ0) is 22.9. The van der Waals surface area contributed by atoms with Gasteiger partial charge in [0.25, 0.3) is 5.91 Å². The van der Waals surface area contributed by atoms with Crippen LogP contribution in [0.3, 0.4) is 0 Å². The molecule has 0 spiro atoms. The van der Waals surface area contributed by atoms with Gasteiger partial charge < -0.3 is 0 Å². The first-order chi connectivity index (χ1) is 15.3. The molecule has 0 unspecified atom stereocenters. The molecular formula is C23H20ClN3O3S2. The van der Waals surface area contributed by atoms with Crippen LogP contribution in [0, 0.1) is 6.92 Å². The van der Waals surface area contributed by atoms with Crippen molar-refractivity contribution < 1.29 is 13.2 Å². The van der Waals surface area contributed by atoms with Gasteiger partial charge in [-0.15, -0.1) is 0 Å². The number of carbonyl (C=O) groups is 1. The molecule has 0 fully saturated rings. The molecule has 1 amide bonds. The fourth-order valence-electron chi connectivity index (χ4n) is 3.30. The molecule has 0 saturated carbocycles. The predicted octanol–water partition coefficient (Wildman–Crippen LogP) is 5.29. The summed E-state index contributed by atoms with van der Waals surface area (Å²) >= 11 is 7.61. The molecule has 0 radical (unpaired) electrons. The molecule has 0 saturated heterocycles. The molecule has 0 aliphatic carbocycles. The van der Waals surface area contributed by atoms with E-state index >= 15 is 0 Å². The molecular weight excluding hydrogens is 466 g/mol. The van der Waals surface area contributed by atoms with Gasteiger partial charge in [-0.3, -0.25) is 14.7 Å². The number of anilines is 1. The number of thiazole rings is 1. The van der Waals surface area contributed by atoms with Crippen LogP contribution in [0.5, 0.6) is 0 Å². The van der Waals surface area contributed by atoms with Crippen LogP contribution in [0.2, 0.25) is 5.02 Å². The number of hydrogen-bond donors (Lipinski definition) is 0. The molecule has 164 valence electrons. The molecule has 0 bridgehead atoms. The Hall–Kier alpha value is -2.81. The van der Waals surface area contributed by atoms with Crippen LogP contribution in [-0.2, 0) is 16.4 Å². The number of carbonyl (C=O) groups excluding carboxylic acids is 1. The molecule has 2 heterocycles. The maximum atomic E-state index is 13.7. The Kier molecular flexibility index (Phi) is 6.28. The van der Waals surface area contributed by atoms with Crippen LogP contribution >= 0.6 is 22.9 Å². The van der Waals surface area contributed by atoms with E-state index in [4.69, 9.17) is 16.6 Å². The van der Waals surface area contributed by atoms with Gasteiger partial charge in [0, 0.05) is 11.2 Å². The number of aromatic nitrogens is 2. The fraction of sp³-hybridized carbons (Fsp3) is 0.174. The number of sulfone groups is 1. The van der Waals surface area contributed by atoms with E-state index in [1.165, 1.54) is 28.4 Å². The first-order valence-electron chi connectivity index (χ1n) is 9.91. The monoisotopic (exact) mass is 485 g/mol. The molecule has 0 aliphatic rings. The highest BCUT2D eigenvalue weighted by Gasteiger charge is 2.28. The number of halogens is 1. The van der Waals surface area contributed by atoms with Gasteiger partial charge in [0.15, 0.2) is 15.0 Å². The summed E-state index contributed by atoms with van der Waals surface area (Å²) < 4.78 is 26.2. The maximum Gasteiger partial charge on any atom is 0.261 e. The zero-order valence-corrected chi connectivity index (χ0v) is 19.8. The van der Waals surface area contributed by atoms with Crippen LogP contribution in [0.25, 0.3) is 10.2 Å². The SMILES string of the molecule is CCS(=O)(=O)c1ccccc1C(=O)N(Cc1ccccn1)c1nc2c(C)c(Cl)ccc2s1. The second-order valence-corrected chi connectivity index (χ2v) is 10.8. The summed E-state index contributed by atoms with van der Waals surface area (Å²) in [5.74, 6) is -0.554. The van der Waals surface area contributed by atoms with Crippen molar-refractivity contribution in [3.63, 3.8) is 0 Å². The summed E-state index contributed by atoms with van der Waals surface area (Å²) in [6.07, 6.45) is 1.65. The van der Waals surface area contributed by atoms with Crippen molar-refractivity contribution in [2.24, 2.45) is 0 Å². The molecule has 0 aliphatic heterocycles. The topological polar surface area (TPSA) is 80.2 Å². The third kappa shape index (κ3) is 4.26. The summed E-state index contributed by atoms with van der Waals surface area (Å²) in [7, 11) is -3.60. The summed E-state index contributed by atoms with van der Waals surface area (Å²) in [4.78, 5) is 24.3. The number of hydrogen-bond acceptors (Lipinski definition) is 6. The Morgan fingerprint density at radius 1 is 1.09 bits per heavy atom. The highest BCUT2D eigenvalue weighted by molar-refractivity contribution is 7.91. The average molecular weight is 486 g/mol. The Labute approximate surface area is 195 Å². The van der Waals surface area contributed by atoms with E-state index in [9.17, 15) is 13.2 Å². The van der Waals surface area contributed by atoms with Crippen LogP contribution < -0.4 is 4.90 Å². The van der Waals surface area contributed by atoms with Crippen molar-refractivity contribution in [3.8, 4) is 0 Å². The molecule has 4 aromatic rings. The smallest absolute Gasteiger partial charge is 0.261 e. The van der Waals surface area contributed by atoms with Crippen molar-refractivity contribution in [1.82, 2.24) is 9.97 Å². The number of fused-ring (bicyclic) bond motifs is 1. The quantitative estimate of drug-likeness (QED) is 0.370. The third-order valence-electron chi connectivity index (χ3n) is 5.09. The van der Waals surface area contributed by atoms with Gasteiger partial charge in [0.1, 0.15) is 0 Å². The minimum Gasteiger partial charge on any atom is -0.278 e. The standard InChI is InChI=1S/C23H20ClN3O3S2/c1-3-32(29,30)20-10-5-4-9-17(20)22(28)27(14-16-8-6-7-13-25-16)23-26-21-15(2)18(24)11-12-19(21)31-23/h4-13H,3,14H2,1-2H3. The number of pyridine rings is 1. The Morgan fingerprint density at radius 3 is 2.56 bits per heavy atom. The first-order valence-corrected chi connectivity index (χ1v) is 12.8. The first kappa shape index (κ1) is 22.4. The van der Waals surface area contributed by atoms with Gasteiger partial charge >= 0.3 is 0 Å². The van der Waals surface area contributed by atoms with Crippen molar-refractivity contribution in [2.75, 3.05) is 10.7 Å². The van der Waals surface area contributed by atoms with Crippen LogP contribution in [0.4, 0.5) is 5.13 Å². The van der Waals surface area contributed by atoms with Crippen LogP contribution in [0.1, 0.15) is 28.5 Å². The lowest BCUT2D eigenvalue weighted by Gasteiger charge is -2.21. The maximum absolute atomic E-state index is 13.7. The number of rotatable bonds is 6. The summed E-state index contributed by atoms with van der Waals surface area (Å²) in [5, 5.41) is 1.04. The van der Waals surface area contributed by atoms with E-state index in [1.807, 2.05) is 25.1 Å².